The van der Waals surface area contributed by atoms with Crippen molar-refractivity contribution in [2.45, 2.75) is 31.0 Å². The first-order valence-electron chi connectivity index (χ1n) is 12.4. The Labute approximate surface area is 240 Å². The molecule has 2 amide bonds. The number of amides is 2. The summed E-state index contributed by atoms with van der Waals surface area (Å²) in [7, 11) is 0. The van der Waals surface area contributed by atoms with Crippen molar-refractivity contribution in [2.24, 2.45) is 5.73 Å². The molecule has 42 heavy (non-hydrogen) atoms. The number of halogens is 5. The lowest BCUT2D eigenvalue weighted by molar-refractivity contribution is -0.265. The van der Waals surface area contributed by atoms with Gasteiger partial charge in [-0.05, 0) is 62.4 Å². The highest BCUT2D eigenvalue weighted by atomic mass is 35.5. The lowest BCUT2D eigenvalue weighted by atomic mass is 9.81. The van der Waals surface area contributed by atoms with Crippen LogP contribution in [0.1, 0.15) is 34.2 Å². The van der Waals surface area contributed by atoms with Gasteiger partial charge < -0.3 is 20.9 Å². The Balaban J connectivity index is 1.59. The van der Waals surface area contributed by atoms with Gasteiger partial charge in [-0.25, -0.2) is 9.37 Å². The van der Waals surface area contributed by atoms with E-state index < -0.39 is 47.1 Å². The number of nitrogens with two attached hydrogens (primary N) is 1. The van der Waals surface area contributed by atoms with E-state index in [0.29, 0.717) is 16.6 Å². The van der Waals surface area contributed by atoms with Gasteiger partial charge in [-0.15, -0.1) is 0 Å². The van der Waals surface area contributed by atoms with Gasteiger partial charge >= 0.3 is 6.18 Å². The van der Waals surface area contributed by atoms with Gasteiger partial charge in [-0.3, -0.25) is 9.59 Å². The van der Waals surface area contributed by atoms with Gasteiger partial charge in [0.1, 0.15) is 29.3 Å². The predicted molar refractivity (Wildman–Crippen MR) is 143 cm³/mol. The van der Waals surface area contributed by atoms with Crippen LogP contribution in [-0.2, 0) is 15.8 Å². The van der Waals surface area contributed by atoms with E-state index in [1.54, 1.807) is 13.0 Å². The van der Waals surface area contributed by atoms with Crippen LogP contribution in [0.4, 0.5) is 17.6 Å². The van der Waals surface area contributed by atoms with Crippen LogP contribution in [0.5, 0.6) is 5.75 Å². The van der Waals surface area contributed by atoms with Crippen LogP contribution in [0.25, 0.3) is 22.2 Å². The zero-order chi connectivity index (χ0) is 30.6. The average Bonchev–Trinajstić information content (AvgIpc) is 3.29. The van der Waals surface area contributed by atoms with Crippen LogP contribution in [0.3, 0.4) is 0 Å². The van der Waals surface area contributed by atoms with Gasteiger partial charge in [-0.2, -0.15) is 23.4 Å². The summed E-state index contributed by atoms with van der Waals surface area (Å²) in [6.45, 7) is 1.39. The number of carbonyl (C=O) groups is 2. The largest absolute Gasteiger partial charge is 0.489 e. The zero-order valence-electron chi connectivity index (χ0n) is 22.0. The number of ether oxygens (including phenoxy) is 1. The maximum Gasteiger partial charge on any atom is 0.424 e. The van der Waals surface area contributed by atoms with E-state index in [-0.39, 0.29) is 39.8 Å². The fraction of sp³-hybridized carbons (Fsp3) is 0.250. The second-order valence-electron chi connectivity index (χ2n) is 10.1. The van der Waals surface area contributed by atoms with Gasteiger partial charge in [0, 0.05) is 22.1 Å². The van der Waals surface area contributed by atoms with E-state index >= 15 is 0 Å². The first kappa shape index (κ1) is 29.1. The molecule has 2 aromatic carbocycles. The molecule has 9 nitrogen and oxygen atoms in total. The molecule has 1 aliphatic rings. The smallest absolute Gasteiger partial charge is 0.424 e. The number of nitrogens with one attached hydrogen (secondary N) is 1. The van der Waals surface area contributed by atoms with Crippen LogP contribution >= 0.6 is 11.6 Å². The fourth-order valence-corrected chi connectivity index (χ4v) is 4.75. The molecule has 0 bridgehead atoms. The number of hydrogen-bond donors (Lipinski definition) is 3. The van der Waals surface area contributed by atoms with Crippen LogP contribution in [-0.4, -0.2) is 51.4 Å². The molecule has 4 N–H and O–H groups in total. The minimum absolute atomic E-state index is 0.0117. The molecule has 0 saturated heterocycles. The van der Waals surface area contributed by atoms with Crippen LogP contribution in [0.15, 0.2) is 48.5 Å². The summed E-state index contributed by atoms with van der Waals surface area (Å²) < 4.78 is 63.3. The van der Waals surface area contributed by atoms with Crippen molar-refractivity contribution < 1.29 is 37.0 Å². The summed E-state index contributed by atoms with van der Waals surface area (Å²) in [5.41, 5.74) is 0.0839. The van der Waals surface area contributed by atoms with Crippen molar-refractivity contribution in [2.75, 3.05) is 13.2 Å². The van der Waals surface area contributed by atoms with Crippen LogP contribution < -0.4 is 15.8 Å². The number of alkyl halides is 3. The Morgan fingerprint density at radius 1 is 1.14 bits per heavy atom. The second kappa shape index (κ2) is 10.2. The van der Waals surface area contributed by atoms with Crippen molar-refractivity contribution >= 4 is 34.3 Å². The number of fused-ring (bicyclic) bond motifs is 2. The molecule has 0 aliphatic carbocycles. The molecule has 4 aromatic rings. The number of benzene rings is 2. The van der Waals surface area contributed by atoms with Crippen molar-refractivity contribution in [1.29, 1.82) is 0 Å². The van der Waals surface area contributed by atoms with E-state index in [1.165, 1.54) is 31.2 Å². The summed E-state index contributed by atoms with van der Waals surface area (Å²) in [5.74, 6) is -2.68. The number of carbonyl (C=O) groups excluding carboxylic acids is 2. The van der Waals surface area contributed by atoms with Crippen molar-refractivity contribution in [1.82, 2.24) is 20.5 Å². The minimum Gasteiger partial charge on any atom is -0.489 e. The standard InChI is InChI=1S/C28H22ClF4N5O4/c1-13-7-16-8-15(4-6-20(16)38-37-13)24(39)35-11-27(41,28(31,32)33)21-10-17-23(42-12-26(17,2)25(34)40)22(36-21)14-3-5-19(30)18(29)9-14/h3-10,41H,11-12H2,1-2H3,(H2,34,40)(H,35,39)/t26-,27-/m0/s1. The maximum atomic E-state index is 14.6. The third kappa shape index (κ3) is 4.88. The zero-order valence-corrected chi connectivity index (χ0v) is 22.8. The molecule has 2 atom stereocenters. The third-order valence-electron chi connectivity index (χ3n) is 7.18. The molecule has 218 valence electrons. The Bertz CT molecular complexity index is 1770. The molecule has 1 aliphatic heterocycles. The summed E-state index contributed by atoms with van der Waals surface area (Å²) in [5, 5.41) is 21.4. The van der Waals surface area contributed by atoms with Crippen molar-refractivity contribution in [3.05, 3.63) is 81.9 Å². The maximum absolute atomic E-state index is 14.6. The van der Waals surface area contributed by atoms with E-state index in [2.05, 4.69) is 20.5 Å². The summed E-state index contributed by atoms with van der Waals surface area (Å²) in [6.07, 6.45) is -5.36. The molecule has 0 spiro atoms. The first-order chi connectivity index (χ1) is 19.6. The van der Waals surface area contributed by atoms with Gasteiger partial charge in [-0.1, -0.05) is 11.6 Å². The first-order valence-corrected chi connectivity index (χ1v) is 12.8. The number of hydrogen-bond acceptors (Lipinski definition) is 7. The van der Waals surface area contributed by atoms with Crippen LogP contribution in [0, 0.1) is 12.7 Å². The Hall–Kier alpha value is -4.36. The number of rotatable bonds is 6. The second-order valence-corrected chi connectivity index (χ2v) is 10.6. The highest BCUT2D eigenvalue weighted by Crippen LogP contribution is 2.48. The summed E-state index contributed by atoms with van der Waals surface area (Å²) >= 11 is 5.91. The fourth-order valence-electron chi connectivity index (χ4n) is 4.57. The normalized spacial score (nSPS) is 17.8. The Morgan fingerprint density at radius 2 is 1.88 bits per heavy atom. The molecule has 2 aromatic heterocycles. The van der Waals surface area contributed by atoms with Crippen LogP contribution in [0.2, 0.25) is 5.02 Å². The molecule has 5 rings (SSSR count). The molecular formula is C28H22ClF4N5O4. The highest BCUT2D eigenvalue weighted by Gasteiger charge is 2.57. The van der Waals surface area contributed by atoms with Gasteiger partial charge in [0.15, 0.2) is 0 Å². The lowest BCUT2D eigenvalue weighted by Crippen LogP contribution is -2.51. The number of aryl methyl sites for hydroxylation is 1. The molecule has 0 radical (unpaired) electrons. The Kier molecular flexibility index (Phi) is 7.06. The monoisotopic (exact) mass is 603 g/mol. The third-order valence-corrected chi connectivity index (χ3v) is 7.47. The molecule has 0 fully saturated rings. The predicted octanol–water partition coefficient (Wildman–Crippen LogP) is 4.11. The quantitative estimate of drug-likeness (QED) is 0.282. The van der Waals surface area contributed by atoms with E-state index in [9.17, 15) is 32.3 Å². The molecule has 0 unspecified atom stereocenters. The lowest BCUT2D eigenvalue weighted by Gasteiger charge is -2.31. The molecule has 14 heteroatoms. The summed E-state index contributed by atoms with van der Waals surface area (Å²) in [6, 6.07) is 10.1. The van der Waals surface area contributed by atoms with E-state index in [4.69, 9.17) is 22.1 Å². The molecule has 0 saturated carbocycles. The number of pyridine rings is 1. The number of primary amides is 1. The molecular weight excluding hydrogens is 582 g/mol. The van der Waals surface area contributed by atoms with Crippen molar-refractivity contribution in [3.63, 3.8) is 0 Å². The van der Waals surface area contributed by atoms with Gasteiger partial charge in [0.05, 0.1) is 28.5 Å². The van der Waals surface area contributed by atoms with E-state index in [1.807, 2.05) is 0 Å². The number of aliphatic hydroxyl groups is 1. The number of aromatic nitrogens is 3. The molecule has 3 heterocycles. The minimum atomic E-state index is -5.36. The topological polar surface area (TPSA) is 140 Å². The van der Waals surface area contributed by atoms with Crippen molar-refractivity contribution in [3.8, 4) is 17.0 Å². The summed E-state index contributed by atoms with van der Waals surface area (Å²) in [4.78, 5) is 29.4. The number of nitrogens with zero attached hydrogens (tertiary/aromatic N) is 3. The van der Waals surface area contributed by atoms with Gasteiger partial charge in [0.2, 0.25) is 11.5 Å². The Morgan fingerprint density at radius 3 is 2.55 bits per heavy atom. The average molecular weight is 604 g/mol. The highest BCUT2D eigenvalue weighted by molar-refractivity contribution is 6.31. The van der Waals surface area contributed by atoms with E-state index in [0.717, 1.165) is 18.2 Å². The van der Waals surface area contributed by atoms with Gasteiger partial charge in [0.25, 0.3) is 5.91 Å². The SMILES string of the molecule is Cc1cc2cc(C(=O)NC[C@](O)(c3cc4c(c(-c5ccc(F)c(Cl)c5)n3)OC[C@]4(C)C(N)=O)C(F)(F)F)ccc2nn1.